The SMILES string of the molecule is CC[C@H]1c2ccsc2CCN1S(=O)(=O)c1ccc(NC(C)=O)cc1. The maximum atomic E-state index is 13.1. The highest BCUT2D eigenvalue weighted by atomic mass is 32.2. The normalized spacial score (nSPS) is 18.2. The lowest BCUT2D eigenvalue weighted by Crippen LogP contribution is -2.39. The average Bonchev–Trinajstić information content (AvgIpc) is 3.02. The summed E-state index contributed by atoms with van der Waals surface area (Å²) in [6, 6.07) is 8.27. The molecule has 2 heterocycles. The zero-order valence-corrected chi connectivity index (χ0v) is 15.3. The number of sulfonamides is 1. The summed E-state index contributed by atoms with van der Waals surface area (Å²) in [6.45, 7) is 3.93. The molecular weight excluding hydrogens is 344 g/mol. The van der Waals surface area contributed by atoms with Gasteiger partial charge in [-0.3, -0.25) is 4.79 Å². The summed E-state index contributed by atoms with van der Waals surface area (Å²) in [5, 5.41) is 4.68. The fourth-order valence-corrected chi connectivity index (χ4v) is 5.74. The Morgan fingerprint density at radius 1 is 1.29 bits per heavy atom. The Morgan fingerprint density at radius 3 is 2.62 bits per heavy atom. The molecule has 7 heteroatoms. The number of fused-ring (bicyclic) bond motifs is 1. The van der Waals surface area contributed by atoms with Gasteiger partial charge in [-0.15, -0.1) is 11.3 Å². The molecule has 0 saturated heterocycles. The van der Waals surface area contributed by atoms with E-state index in [1.165, 1.54) is 11.8 Å². The zero-order valence-electron chi connectivity index (χ0n) is 13.7. The van der Waals surface area contributed by atoms with Crippen molar-refractivity contribution < 1.29 is 13.2 Å². The molecule has 0 aliphatic carbocycles. The monoisotopic (exact) mass is 364 g/mol. The number of nitrogens with one attached hydrogen (secondary N) is 1. The van der Waals surface area contributed by atoms with Crippen LogP contribution >= 0.6 is 11.3 Å². The third-order valence-corrected chi connectivity index (χ3v) is 7.13. The summed E-state index contributed by atoms with van der Waals surface area (Å²) in [6.07, 6.45) is 1.50. The van der Waals surface area contributed by atoms with Gasteiger partial charge in [-0.05, 0) is 54.1 Å². The molecule has 0 fully saturated rings. The van der Waals surface area contributed by atoms with Crippen LogP contribution in [0.1, 0.15) is 36.8 Å². The quantitative estimate of drug-likeness (QED) is 0.904. The smallest absolute Gasteiger partial charge is 0.243 e. The third-order valence-electron chi connectivity index (χ3n) is 4.21. The summed E-state index contributed by atoms with van der Waals surface area (Å²) in [5.74, 6) is -0.183. The van der Waals surface area contributed by atoms with Gasteiger partial charge >= 0.3 is 0 Å². The lowest BCUT2D eigenvalue weighted by molar-refractivity contribution is -0.114. The van der Waals surface area contributed by atoms with Crippen LogP contribution in [0, 0.1) is 0 Å². The second kappa shape index (κ2) is 6.66. The standard InChI is InChI=1S/C17H20N2O3S2/c1-3-16-15-9-11-23-17(15)8-10-19(16)24(21,22)14-6-4-13(5-7-14)18-12(2)20/h4-7,9,11,16H,3,8,10H2,1-2H3,(H,18,20)/t16-/m0/s1. The summed E-state index contributed by atoms with van der Waals surface area (Å²) in [7, 11) is -3.56. The number of amides is 1. The highest BCUT2D eigenvalue weighted by Crippen LogP contribution is 2.38. The maximum absolute atomic E-state index is 13.1. The van der Waals surface area contributed by atoms with Gasteiger partial charge < -0.3 is 5.32 Å². The number of nitrogens with zero attached hydrogens (tertiary/aromatic N) is 1. The first-order chi connectivity index (χ1) is 11.4. The van der Waals surface area contributed by atoms with Crippen molar-refractivity contribution in [2.24, 2.45) is 0 Å². The molecule has 1 aromatic carbocycles. The van der Waals surface area contributed by atoms with Crippen LogP contribution in [-0.4, -0.2) is 25.2 Å². The summed E-state index contributed by atoms with van der Waals surface area (Å²) < 4.78 is 27.7. The molecular formula is C17H20N2O3S2. The van der Waals surface area contributed by atoms with Crippen molar-refractivity contribution in [1.29, 1.82) is 0 Å². The van der Waals surface area contributed by atoms with Crippen LogP contribution in [0.15, 0.2) is 40.6 Å². The van der Waals surface area contributed by atoms with E-state index < -0.39 is 10.0 Å². The highest BCUT2D eigenvalue weighted by molar-refractivity contribution is 7.89. The number of rotatable bonds is 4. The second-order valence-electron chi connectivity index (χ2n) is 5.79. The average molecular weight is 364 g/mol. The molecule has 1 aliphatic heterocycles. The Hall–Kier alpha value is -1.70. The van der Waals surface area contributed by atoms with E-state index in [1.807, 2.05) is 18.4 Å². The molecule has 0 radical (unpaired) electrons. The van der Waals surface area contributed by atoms with Crippen molar-refractivity contribution in [3.05, 3.63) is 46.2 Å². The number of thiophene rings is 1. The number of hydrogen-bond donors (Lipinski definition) is 1. The predicted molar refractivity (Wildman–Crippen MR) is 95.7 cm³/mol. The van der Waals surface area contributed by atoms with Crippen molar-refractivity contribution >= 4 is 33.0 Å². The van der Waals surface area contributed by atoms with E-state index in [2.05, 4.69) is 5.32 Å². The van der Waals surface area contributed by atoms with Crippen LogP contribution in [-0.2, 0) is 21.2 Å². The number of benzene rings is 1. The van der Waals surface area contributed by atoms with Gasteiger partial charge in [0.1, 0.15) is 0 Å². The van der Waals surface area contributed by atoms with E-state index in [0.29, 0.717) is 12.2 Å². The van der Waals surface area contributed by atoms with Crippen molar-refractivity contribution in [3.63, 3.8) is 0 Å². The van der Waals surface area contributed by atoms with Crippen LogP contribution in [0.4, 0.5) is 5.69 Å². The molecule has 1 amide bonds. The first-order valence-corrected chi connectivity index (χ1v) is 10.2. The van der Waals surface area contributed by atoms with E-state index in [0.717, 1.165) is 18.4 Å². The van der Waals surface area contributed by atoms with E-state index >= 15 is 0 Å². The van der Waals surface area contributed by atoms with Crippen LogP contribution in [0.25, 0.3) is 0 Å². The minimum absolute atomic E-state index is 0.111. The van der Waals surface area contributed by atoms with E-state index in [4.69, 9.17) is 0 Å². The molecule has 24 heavy (non-hydrogen) atoms. The highest BCUT2D eigenvalue weighted by Gasteiger charge is 2.35. The lowest BCUT2D eigenvalue weighted by atomic mass is 10.0. The van der Waals surface area contributed by atoms with Gasteiger partial charge in [0.05, 0.1) is 10.9 Å². The van der Waals surface area contributed by atoms with Crippen LogP contribution in [0.5, 0.6) is 0 Å². The topological polar surface area (TPSA) is 66.5 Å². The van der Waals surface area contributed by atoms with Gasteiger partial charge in [0.25, 0.3) is 0 Å². The number of carbonyl (C=O) groups excluding carboxylic acids is 1. The number of carbonyl (C=O) groups is 1. The third kappa shape index (κ3) is 3.11. The molecule has 5 nitrogen and oxygen atoms in total. The molecule has 0 unspecified atom stereocenters. The first-order valence-electron chi connectivity index (χ1n) is 7.89. The van der Waals surface area contributed by atoms with Crippen molar-refractivity contribution in [3.8, 4) is 0 Å². The van der Waals surface area contributed by atoms with Crippen LogP contribution in [0.3, 0.4) is 0 Å². The van der Waals surface area contributed by atoms with Crippen molar-refractivity contribution in [2.45, 2.75) is 37.6 Å². The maximum Gasteiger partial charge on any atom is 0.243 e. The summed E-state index contributed by atoms with van der Waals surface area (Å²) in [5.41, 5.74) is 1.72. The van der Waals surface area contributed by atoms with Gasteiger partial charge in [0.2, 0.25) is 15.9 Å². The first kappa shape index (κ1) is 17.1. The molecule has 0 bridgehead atoms. The van der Waals surface area contributed by atoms with E-state index in [9.17, 15) is 13.2 Å². The van der Waals surface area contributed by atoms with Gasteiger partial charge in [-0.1, -0.05) is 6.92 Å². The Kier molecular flexibility index (Phi) is 4.76. The molecule has 0 saturated carbocycles. The fraction of sp³-hybridized carbons (Fsp3) is 0.353. The largest absolute Gasteiger partial charge is 0.326 e. The lowest BCUT2D eigenvalue weighted by Gasteiger charge is -2.34. The molecule has 1 N–H and O–H groups in total. The van der Waals surface area contributed by atoms with Gasteiger partial charge in [-0.25, -0.2) is 8.42 Å². The molecule has 1 aliphatic rings. The minimum atomic E-state index is -3.56. The number of anilines is 1. The molecule has 1 aromatic heterocycles. The summed E-state index contributed by atoms with van der Waals surface area (Å²) in [4.78, 5) is 12.6. The van der Waals surface area contributed by atoms with Crippen LogP contribution in [0.2, 0.25) is 0 Å². The van der Waals surface area contributed by atoms with Crippen molar-refractivity contribution in [2.75, 3.05) is 11.9 Å². The Morgan fingerprint density at radius 2 is 2.00 bits per heavy atom. The minimum Gasteiger partial charge on any atom is -0.326 e. The fourth-order valence-electron chi connectivity index (χ4n) is 3.13. The molecule has 3 rings (SSSR count). The summed E-state index contributed by atoms with van der Waals surface area (Å²) >= 11 is 1.70. The zero-order chi connectivity index (χ0) is 17.3. The Balaban J connectivity index is 1.91. The molecule has 2 aromatic rings. The predicted octanol–water partition coefficient (Wildman–Crippen LogP) is 3.40. The van der Waals surface area contributed by atoms with Gasteiger partial charge in [0.15, 0.2) is 0 Å². The number of hydrogen-bond acceptors (Lipinski definition) is 4. The second-order valence-corrected chi connectivity index (χ2v) is 8.69. The van der Waals surface area contributed by atoms with Gasteiger partial charge in [0, 0.05) is 24.0 Å². The van der Waals surface area contributed by atoms with Crippen molar-refractivity contribution in [1.82, 2.24) is 4.31 Å². The van der Waals surface area contributed by atoms with Gasteiger partial charge in [-0.2, -0.15) is 4.31 Å². The van der Waals surface area contributed by atoms with Crippen LogP contribution < -0.4 is 5.32 Å². The Bertz CT molecular complexity index is 841. The van der Waals surface area contributed by atoms with E-state index in [-0.39, 0.29) is 16.8 Å². The molecule has 1 atom stereocenters. The van der Waals surface area contributed by atoms with E-state index in [1.54, 1.807) is 39.9 Å². The molecule has 0 spiro atoms. The Labute approximate surface area is 146 Å². The molecule has 128 valence electrons.